The van der Waals surface area contributed by atoms with Crippen LogP contribution in [0.1, 0.15) is 18.4 Å². The number of fused-ring (bicyclic) bond motifs is 3. The van der Waals surface area contributed by atoms with Crippen molar-refractivity contribution < 1.29 is 9.53 Å². The Kier molecular flexibility index (Phi) is 5.27. The number of rotatable bonds is 4. The predicted molar refractivity (Wildman–Crippen MR) is 106 cm³/mol. The van der Waals surface area contributed by atoms with E-state index in [2.05, 4.69) is 20.8 Å². The molecule has 5 heteroatoms. The maximum absolute atomic E-state index is 13.1. The molecule has 0 unspecified atom stereocenters. The average molecular weight is 415 g/mol. The first-order chi connectivity index (χ1) is 12.7. The van der Waals surface area contributed by atoms with Gasteiger partial charge >= 0.3 is 6.09 Å². The lowest BCUT2D eigenvalue weighted by Crippen LogP contribution is -2.53. The second-order valence-corrected chi connectivity index (χ2v) is 8.03. The normalized spacial score (nSPS) is 24.3. The van der Waals surface area contributed by atoms with Gasteiger partial charge in [-0.25, -0.2) is 4.79 Å². The number of halogens is 1. The first kappa shape index (κ1) is 17.6. The summed E-state index contributed by atoms with van der Waals surface area (Å²) in [6.07, 6.45) is 2.02. The molecule has 26 heavy (non-hydrogen) atoms. The Morgan fingerprint density at radius 3 is 2.54 bits per heavy atom. The largest absolute Gasteiger partial charge is 0.444 e. The highest BCUT2D eigenvalue weighted by molar-refractivity contribution is 9.10. The van der Waals surface area contributed by atoms with Crippen molar-refractivity contribution in [2.24, 2.45) is 5.92 Å². The van der Waals surface area contributed by atoms with Gasteiger partial charge in [0.25, 0.3) is 0 Å². The molecule has 3 aliphatic heterocycles. The molecular formula is C21H23BrN2O2. The standard InChI is InChI=1S/C21H23BrN2O2/c22-18-7-4-8-19(13-18)24(14-16-5-2-1-3-6-16)21(25)26-20-15-23-11-9-17(20)10-12-23/h1-8,13,17,20H,9-12,14-15H2/t20-/m0/s1. The highest BCUT2D eigenvalue weighted by Gasteiger charge is 2.37. The van der Waals surface area contributed by atoms with Gasteiger partial charge in [-0.1, -0.05) is 52.3 Å². The summed E-state index contributed by atoms with van der Waals surface area (Å²) in [7, 11) is 0. The third kappa shape index (κ3) is 3.94. The summed E-state index contributed by atoms with van der Waals surface area (Å²) < 4.78 is 6.93. The molecule has 3 fully saturated rings. The monoisotopic (exact) mass is 414 g/mol. The quantitative estimate of drug-likeness (QED) is 0.727. The van der Waals surface area contributed by atoms with Crippen molar-refractivity contribution in [2.45, 2.75) is 25.5 Å². The van der Waals surface area contributed by atoms with Crippen LogP contribution in [0.4, 0.5) is 10.5 Å². The molecule has 0 N–H and O–H groups in total. The summed E-state index contributed by atoms with van der Waals surface area (Å²) in [4.78, 5) is 17.2. The van der Waals surface area contributed by atoms with Crippen molar-refractivity contribution in [3.05, 3.63) is 64.6 Å². The van der Waals surface area contributed by atoms with Crippen LogP contribution in [0.3, 0.4) is 0 Å². The molecular weight excluding hydrogens is 392 g/mol. The Hall–Kier alpha value is -1.85. The Morgan fingerprint density at radius 1 is 1.12 bits per heavy atom. The Bertz CT molecular complexity index is 760. The molecule has 2 bridgehead atoms. The van der Waals surface area contributed by atoms with Crippen LogP contribution in [0.2, 0.25) is 0 Å². The van der Waals surface area contributed by atoms with Crippen LogP contribution in [0.15, 0.2) is 59.1 Å². The van der Waals surface area contributed by atoms with E-state index in [9.17, 15) is 4.79 Å². The molecule has 0 aliphatic carbocycles. The molecule has 3 heterocycles. The lowest BCUT2D eigenvalue weighted by molar-refractivity contribution is -0.0311. The van der Waals surface area contributed by atoms with Crippen molar-refractivity contribution in [3.63, 3.8) is 0 Å². The van der Waals surface area contributed by atoms with Crippen molar-refractivity contribution in [1.82, 2.24) is 4.90 Å². The van der Waals surface area contributed by atoms with Crippen molar-refractivity contribution in [2.75, 3.05) is 24.5 Å². The number of carbonyl (C=O) groups excluding carboxylic acids is 1. The number of hydrogen-bond acceptors (Lipinski definition) is 3. The fourth-order valence-corrected chi connectivity index (χ4v) is 4.30. The first-order valence-corrected chi connectivity index (χ1v) is 9.98. The van der Waals surface area contributed by atoms with Crippen molar-refractivity contribution in [1.29, 1.82) is 0 Å². The molecule has 1 amide bonds. The third-order valence-corrected chi connectivity index (χ3v) is 5.87. The van der Waals surface area contributed by atoms with Crippen LogP contribution in [0.25, 0.3) is 0 Å². The smallest absolute Gasteiger partial charge is 0.414 e. The van der Waals surface area contributed by atoms with E-state index in [1.807, 2.05) is 54.6 Å². The SMILES string of the molecule is O=C(O[C@H]1CN2CCC1CC2)N(Cc1ccccc1)c1cccc(Br)c1. The lowest BCUT2D eigenvalue weighted by Gasteiger charge is -2.44. The van der Waals surface area contributed by atoms with Gasteiger partial charge in [0.05, 0.1) is 6.54 Å². The van der Waals surface area contributed by atoms with Gasteiger partial charge < -0.3 is 4.74 Å². The van der Waals surface area contributed by atoms with E-state index in [0.29, 0.717) is 12.5 Å². The zero-order valence-electron chi connectivity index (χ0n) is 14.7. The van der Waals surface area contributed by atoms with Gasteiger partial charge in [0.1, 0.15) is 6.10 Å². The Labute approximate surface area is 162 Å². The van der Waals surface area contributed by atoms with Crippen LogP contribution in [-0.4, -0.2) is 36.7 Å². The third-order valence-electron chi connectivity index (χ3n) is 5.37. The second kappa shape index (κ2) is 7.80. The van der Waals surface area contributed by atoms with Gasteiger partial charge in [-0.2, -0.15) is 0 Å². The van der Waals surface area contributed by atoms with E-state index in [4.69, 9.17) is 4.74 Å². The van der Waals surface area contributed by atoms with Crippen molar-refractivity contribution in [3.8, 4) is 0 Å². The Balaban J connectivity index is 1.54. The van der Waals surface area contributed by atoms with Crippen LogP contribution in [0, 0.1) is 5.92 Å². The van der Waals surface area contributed by atoms with Gasteiger partial charge in [-0.3, -0.25) is 9.80 Å². The van der Waals surface area contributed by atoms with Crippen LogP contribution in [0.5, 0.6) is 0 Å². The van der Waals surface area contributed by atoms with Gasteiger partial charge in [-0.15, -0.1) is 0 Å². The second-order valence-electron chi connectivity index (χ2n) is 7.11. The lowest BCUT2D eigenvalue weighted by atomic mass is 9.86. The number of anilines is 1. The fourth-order valence-electron chi connectivity index (χ4n) is 3.91. The van der Waals surface area contributed by atoms with E-state index in [-0.39, 0.29) is 12.2 Å². The summed E-state index contributed by atoms with van der Waals surface area (Å²) >= 11 is 3.50. The van der Waals surface area contributed by atoms with E-state index < -0.39 is 0 Å². The zero-order valence-corrected chi connectivity index (χ0v) is 16.3. The molecule has 0 saturated carbocycles. The molecule has 3 aliphatic rings. The van der Waals surface area contributed by atoms with Gasteiger partial charge in [0.2, 0.25) is 0 Å². The highest BCUT2D eigenvalue weighted by atomic mass is 79.9. The van der Waals surface area contributed by atoms with Gasteiger partial charge in [0.15, 0.2) is 0 Å². The minimum Gasteiger partial charge on any atom is -0.444 e. The topological polar surface area (TPSA) is 32.8 Å². The maximum Gasteiger partial charge on any atom is 0.414 e. The molecule has 5 rings (SSSR count). The molecule has 0 radical (unpaired) electrons. The molecule has 0 spiro atoms. The summed E-state index contributed by atoms with van der Waals surface area (Å²) in [5, 5.41) is 0. The number of piperidine rings is 3. The molecule has 136 valence electrons. The molecule has 4 nitrogen and oxygen atoms in total. The molecule has 0 aromatic heterocycles. The summed E-state index contributed by atoms with van der Waals surface area (Å²) in [5.41, 5.74) is 1.92. The van der Waals surface area contributed by atoms with E-state index in [0.717, 1.165) is 48.2 Å². The van der Waals surface area contributed by atoms with E-state index >= 15 is 0 Å². The van der Waals surface area contributed by atoms with Gasteiger partial charge in [0, 0.05) is 16.7 Å². The van der Waals surface area contributed by atoms with Crippen molar-refractivity contribution >= 4 is 27.7 Å². The van der Waals surface area contributed by atoms with Crippen LogP contribution >= 0.6 is 15.9 Å². The first-order valence-electron chi connectivity index (χ1n) is 9.19. The summed E-state index contributed by atoms with van der Waals surface area (Å²) in [5.74, 6) is 0.505. The Morgan fingerprint density at radius 2 is 1.88 bits per heavy atom. The highest BCUT2D eigenvalue weighted by Crippen LogP contribution is 2.31. The zero-order chi connectivity index (χ0) is 17.9. The van der Waals surface area contributed by atoms with Crippen LogP contribution in [-0.2, 0) is 11.3 Å². The number of benzene rings is 2. The summed E-state index contributed by atoms with van der Waals surface area (Å²) in [6, 6.07) is 17.9. The number of carbonyl (C=O) groups is 1. The number of hydrogen-bond donors (Lipinski definition) is 0. The van der Waals surface area contributed by atoms with E-state index in [1.165, 1.54) is 0 Å². The van der Waals surface area contributed by atoms with Crippen LogP contribution < -0.4 is 4.90 Å². The maximum atomic E-state index is 13.1. The molecule has 2 aromatic carbocycles. The fraction of sp³-hybridized carbons (Fsp3) is 0.381. The summed E-state index contributed by atoms with van der Waals surface area (Å²) in [6.45, 7) is 3.64. The van der Waals surface area contributed by atoms with Gasteiger partial charge in [-0.05, 0) is 55.6 Å². The molecule has 1 atom stereocenters. The molecule has 3 saturated heterocycles. The minimum absolute atomic E-state index is 0.00965. The number of nitrogens with zero attached hydrogens (tertiary/aromatic N) is 2. The molecule has 2 aromatic rings. The minimum atomic E-state index is -0.259. The average Bonchev–Trinajstić information content (AvgIpc) is 2.68. The number of amides is 1. The number of ether oxygens (including phenoxy) is 1. The predicted octanol–water partition coefficient (Wildman–Crippen LogP) is 4.69. The van der Waals surface area contributed by atoms with E-state index in [1.54, 1.807) is 4.90 Å².